The van der Waals surface area contributed by atoms with Gasteiger partial charge in [0.25, 0.3) is 5.91 Å². The normalized spacial score (nSPS) is 10.8. The van der Waals surface area contributed by atoms with Crippen LogP contribution in [0.3, 0.4) is 0 Å². The zero-order valence-electron chi connectivity index (χ0n) is 13.1. The van der Waals surface area contributed by atoms with Crippen LogP contribution in [0.5, 0.6) is 0 Å². The van der Waals surface area contributed by atoms with Crippen LogP contribution >= 0.6 is 0 Å². The van der Waals surface area contributed by atoms with Crippen LogP contribution in [0, 0.1) is 11.3 Å². The lowest BCUT2D eigenvalue weighted by Crippen LogP contribution is -2.12. The van der Waals surface area contributed by atoms with Gasteiger partial charge in [-0.2, -0.15) is 5.26 Å². The standard InChI is InChI=1S/C18H15N3O4/c19-11-12-1-3-14(4-2-12)18(24)20-15-7-5-13(6-8-15)16(21-25)9-10-17(22)23/h1-8,25H,9-10H2,(H,20,24)(H,22,23)/b21-16+. The van der Waals surface area contributed by atoms with Gasteiger partial charge in [-0.05, 0) is 42.0 Å². The molecule has 2 aromatic carbocycles. The number of anilines is 1. The number of nitrogens with one attached hydrogen (secondary N) is 1. The molecule has 0 spiro atoms. The monoisotopic (exact) mass is 337 g/mol. The van der Waals surface area contributed by atoms with E-state index in [0.29, 0.717) is 22.4 Å². The Balaban J connectivity index is 2.05. The van der Waals surface area contributed by atoms with E-state index in [9.17, 15) is 9.59 Å². The number of rotatable bonds is 6. The second-order valence-electron chi connectivity index (χ2n) is 5.16. The maximum atomic E-state index is 12.1. The summed E-state index contributed by atoms with van der Waals surface area (Å²) < 4.78 is 0. The predicted octanol–water partition coefficient (Wildman–Crippen LogP) is 2.85. The highest BCUT2D eigenvalue weighted by Crippen LogP contribution is 2.14. The average Bonchev–Trinajstić information content (AvgIpc) is 2.63. The van der Waals surface area contributed by atoms with Crippen molar-refractivity contribution in [1.29, 1.82) is 5.26 Å². The topological polar surface area (TPSA) is 123 Å². The summed E-state index contributed by atoms with van der Waals surface area (Å²) in [4.78, 5) is 22.7. The second-order valence-corrected chi connectivity index (χ2v) is 5.16. The van der Waals surface area contributed by atoms with Crippen molar-refractivity contribution in [3.05, 3.63) is 65.2 Å². The van der Waals surface area contributed by atoms with Crippen molar-refractivity contribution in [2.24, 2.45) is 5.16 Å². The molecule has 25 heavy (non-hydrogen) atoms. The first kappa shape index (κ1) is 17.7. The summed E-state index contributed by atoms with van der Waals surface area (Å²) in [6.07, 6.45) is -0.0423. The highest BCUT2D eigenvalue weighted by molar-refractivity contribution is 6.05. The Morgan fingerprint density at radius 1 is 1.00 bits per heavy atom. The maximum absolute atomic E-state index is 12.1. The number of carbonyl (C=O) groups is 2. The van der Waals surface area contributed by atoms with E-state index in [-0.39, 0.29) is 24.5 Å². The first-order chi connectivity index (χ1) is 12.0. The zero-order valence-corrected chi connectivity index (χ0v) is 13.1. The van der Waals surface area contributed by atoms with Crippen molar-refractivity contribution in [2.45, 2.75) is 12.8 Å². The highest BCUT2D eigenvalue weighted by atomic mass is 16.4. The lowest BCUT2D eigenvalue weighted by Gasteiger charge is -2.07. The van der Waals surface area contributed by atoms with Gasteiger partial charge < -0.3 is 15.6 Å². The summed E-state index contributed by atoms with van der Waals surface area (Å²) in [6, 6.07) is 14.7. The Morgan fingerprint density at radius 3 is 2.12 bits per heavy atom. The Labute approximate surface area is 143 Å². The van der Waals surface area contributed by atoms with Crippen LogP contribution in [0.4, 0.5) is 5.69 Å². The van der Waals surface area contributed by atoms with Crippen LogP contribution in [0.25, 0.3) is 0 Å². The lowest BCUT2D eigenvalue weighted by atomic mass is 10.1. The summed E-state index contributed by atoms with van der Waals surface area (Å²) in [7, 11) is 0. The molecule has 7 nitrogen and oxygen atoms in total. The molecule has 0 unspecified atom stereocenters. The molecule has 126 valence electrons. The molecule has 0 aromatic heterocycles. The van der Waals surface area contributed by atoms with Crippen molar-refractivity contribution >= 4 is 23.3 Å². The molecule has 0 aliphatic carbocycles. The Morgan fingerprint density at radius 2 is 1.60 bits per heavy atom. The maximum Gasteiger partial charge on any atom is 0.303 e. The van der Waals surface area contributed by atoms with Gasteiger partial charge in [0, 0.05) is 17.7 Å². The largest absolute Gasteiger partial charge is 0.481 e. The van der Waals surface area contributed by atoms with Crippen LogP contribution in [-0.4, -0.2) is 27.9 Å². The van der Waals surface area contributed by atoms with E-state index in [4.69, 9.17) is 15.6 Å². The molecule has 0 aliphatic heterocycles. The minimum absolute atomic E-state index is 0.1000. The molecule has 0 bridgehead atoms. The average molecular weight is 337 g/mol. The molecular weight excluding hydrogens is 322 g/mol. The van der Waals surface area contributed by atoms with Crippen LogP contribution in [-0.2, 0) is 4.79 Å². The summed E-state index contributed by atoms with van der Waals surface area (Å²) in [5, 5.41) is 32.3. The van der Waals surface area contributed by atoms with Gasteiger partial charge in [0.2, 0.25) is 0 Å². The number of aliphatic carboxylic acids is 1. The zero-order chi connectivity index (χ0) is 18.2. The number of oxime groups is 1. The molecule has 0 radical (unpaired) electrons. The second kappa shape index (κ2) is 8.26. The van der Waals surface area contributed by atoms with Gasteiger partial charge in [-0.3, -0.25) is 9.59 Å². The van der Waals surface area contributed by atoms with E-state index in [1.165, 1.54) is 0 Å². The van der Waals surface area contributed by atoms with Crippen molar-refractivity contribution in [2.75, 3.05) is 5.32 Å². The van der Waals surface area contributed by atoms with Gasteiger partial charge >= 0.3 is 5.97 Å². The summed E-state index contributed by atoms with van der Waals surface area (Å²) >= 11 is 0. The number of carboxylic acids is 1. The molecule has 0 aliphatic rings. The first-order valence-corrected chi connectivity index (χ1v) is 7.38. The summed E-state index contributed by atoms with van der Waals surface area (Å²) in [6.45, 7) is 0. The number of hydrogen-bond acceptors (Lipinski definition) is 5. The third-order valence-electron chi connectivity index (χ3n) is 3.45. The first-order valence-electron chi connectivity index (χ1n) is 7.38. The minimum atomic E-state index is -0.979. The van der Waals surface area contributed by atoms with E-state index in [0.717, 1.165) is 0 Å². The van der Waals surface area contributed by atoms with Crippen molar-refractivity contribution in [1.82, 2.24) is 0 Å². The number of benzene rings is 2. The number of hydrogen-bond donors (Lipinski definition) is 3. The van der Waals surface area contributed by atoms with Gasteiger partial charge in [-0.15, -0.1) is 0 Å². The number of nitriles is 1. The van der Waals surface area contributed by atoms with E-state index in [1.807, 2.05) is 6.07 Å². The fraction of sp³-hybridized carbons (Fsp3) is 0.111. The smallest absolute Gasteiger partial charge is 0.303 e. The van der Waals surface area contributed by atoms with Crippen LogP contribution in [0.1, 0.15) is 34.3 Å². The van der Waals surface area contributed by atoms with E-state index < -0.39 is 5.97 Å². The van der Waals surface area contributed by atoms with Gasteiger partial charge in [0.15, 0.2) is 0 Å². The highest BCUT2D eigenvalue weighted by Gasteiger charge is 2.09. The van der Waals surface area contributed by atoms with Crippen LogP contribution in [0.15, 0.2) is 53.7 Å². The van der Waals surface area contributed by atoms with Crippen molar-refractivity contribution < 1.29 is 19.9 Å². The molecule has 0 saturated heterocycles. The van der Waals surface area contributed by atoms with Gasteiger partial charge in [0.1, 0.15) is 0 Å². The molecular formula is C18H15N3O4. The third kappa shape index (κ3) is 4.91. The van der Waals surface area contributed by atoms with Crippen molar-refractivity contribution in [3.63, 3.8) is 0 Å². The predicted molar refractivity (Wildman–Crippen MR) is 90.7 cm³/mol. The Hall–Kier alpha value is -3.66. The number of carbonyl (C=O) groups excluding carboxylic acids is 1. The Bertz CT molecular complexity index is 834. The summed E-state index contributed by atoms with van der Waals surface area (Å²) in [5.74, 6) is -1.30. The summed E-state index contributed by atoms with van der Waals surface area (Å²) in [5.41, 5.74) is 2.25. The molecule has 0 fully saturated rings. The van der Waals surface area contributed by atoms with E-state index in [2.05, 4.69) is 10.5 Å². The number of carboxylic acid groups (broad SMARTS) is 1. The molecule has 1 amide bonds. The van der Waals surface area contributed by atoms with Gasteiger partial charge in [0.05, 0.1) is 23.8 Å². The Kier molecular flexibility index (Phi) is 5.85. The molecule has 0 atom stereocenters. The van der Waals surface area contributed by atoms with Gasteiger partial charge in [-0.1, -0.05) is 17.3 Å². The molecule has 3 N–H and O–H groups in total. The number of amides is 1. The van der Waals surface area contributed by atoms with Crippen molar-refractivity contribution in [3.8, 4) is 6.07 Å². The van der Waals surface area contributed by atoms with Crippen LogP contribution in [0.2, 0.25) is 0 Å². The van der Waals surface area contributed by atoms with E-state index in [1.54, 1.807) is 48.5 Å². The third-order valence-corrected chi connectivity index (χ3v) is 3.45. The molecule has 0 saturated carbocycles. The minimum Gasteiger partial charge on any atom is -0.481 e. The quantitative estimate of drug-likeness (QED) is 0.425. The van der Waals surface area contributed by atoms with Gasteiger partial charge in [-0.25, -0.2) is 0 Å². The fourth-order valence-electron chi connectivity index (χ4n) is 2.12. The molecule has 7 heteroatoms. The van der Waals surface area contributed by atoms with E-state index >= 15 is 0 Å². The number of nitrogens with zero attached hydrogens (tertiary/aromatic N) is 2. The lowest BCUT2D eigenvalue weighted by molar-refractivity contribution is -0.136. The fourth-order valence-corrected chi connectivity index (χ4v) is 2.12. The van der Waals surface area contributed by atoms with Crippen LogP contribution < -0.4 is 5.32 Å². The molecule has 2 rings (SSSR count). The molecule has 2 aromatic rings. The SMILES string of the molecule is N#Cc1ccc(C(=O)Nc2ccc(/C(CCC(=O)O)=N/O)cc2)cc1. The molecule has 0 heterocycles.